The van der Waals surface area contributed by atoms with E-state index in [0.29, 0.717) is 12.2 Å². The summed E-state index contributed by atoms with van der Waals surface area (Å²) in [7, 11) is 0. The highest BCUT2D eigenvalue weighted by atomic mass is 19.1. The minimum atomic E-state index is -0.295. The van der Waals surface area contributed by atoms with Gasteiger partial charge in [0, 0.05) is 24.1 Å². The van der Waals surface area contributed by atoms with E-state index in [1.807, 2.05) is 0 Å². The van der Waals surface area contributed by atoms with Gasteiger partial charge in [0.25, 0.3) is 0 Å². The lowest BCUT2D eigenvalue weighted by Gasteiger charge is -2.30. The Labute approximate surface area is 118 Å². The second kappa shape index (κ2) is 4.91. The minimum Gasteiger partial charge on any atom is -0.485 e. The lowest BCUT2D eigenvalue weighted by atomic mass is 9.92. The van der Waals surface area contributed by atoms with Crippen LogP contribution in [0, 0.1) is 19.7 Å². The van der Waals surface area contributed by atoms with Gasteiger partial charge in [0.1, 0.15) is 17.7 Å². The summed E-state index contributed by atoms with van der Waals surface area (Å²) in [6.45, 7) is 4.16. The van der Waals surface area contributed by atoms with Crippen LogP contribution in [-0.4, -0.2) is 0 Å². The van der Waals surface area contributed by atoms with E-state index in [4.69, 9.17) is 10.5 Å². The minimum absolute atomic E-state index is 0.112. The molecule has 20 heavy (non-hydrogen) atoms. The van der Waals surface area contributed by atoms with E-state index in [1.54, 1.807) is 6.07 Å². The van der Waals surface area contributed by atoms with E-state index >= 15 is 0 Å². The topological polar surface area (TPSA) is 35.2 Å². The van der Waals surface area contributed by atoms with E-state index in [1.165, 1.54) is 23.3 Å². The Hall–Kier alpha value is -1.87. The zero-order valence-corrected chi connectivity index (χ0v) is 11.7. The number of halogens is 1. The van der Waals surface area contributed by atoms with Crippen molar-refractivity contribution < 1.29 is 9.13 Å². The molecule has 2 atom stereocenters. The van der Waals surface area contributed by atoms with E-state index in [-0.39, 0.29) is 18.0 Å². The molecule has 0 fully saturated rings. The van der Waals surface area contributed by atoms with E-state index in [9.17, 15) is 4.39 Å². The zero-order chi connectivity index (χ0) is 14.3. The molecule has 2 nitrogen and oxygen atoms in total. The molecule has 0 spiro atoms. The maximum absolute atomic E-state index is 13.3. The number of hydrogen-bond acceptors (Lipinski definition) is 2. The molecule has 0 aliphatic carbocycles. The van der Waals surface area contributed by atoms with Crippen LogP contribution < -0.4 is 10.5 Å². The molecule has 2 aromatic rings. The summed E-state index contributed by atoms with van der Waals surface area (Å²) >= 11 is 0. The van der Waals surface area contributed by atoms with Gasteiger partial charge in [-0.15, -0.1) is 0 Å². The molecule has 1 aliphatic heterocycles. The molecule has 3 rings (SSSR count). The molecule has 3 heteroatoms. The fourth-order valence-electron chi connectivity index (χ4n) is 2.64. The monoisotopic (exact) mass is 271 g/mol. The Morgan fingerprint density at radius 3 is 2.65 bits per heavy atom. The van der Waals surface area contributed by atoms with Crippen LogP contribution in [0.15, 0.2) is 36.4 Å². The maximum Gasteiger partial charge on any atom is 0.127 e. The molecule has 2 N–H and O–H groups in total. The van der Waals surface area contributed by atoms with Gasteiger partial charge in [0.05, 0.1) is 0 Å². The number of aryl methyl sites for hydroxylation is 2. The van der Waals surface area contributed by atoms with Crippen LogP contribution in [0.2, 0.25) is 0 Å². The molecule has 0 saturated carbocycles. The summed E-state index contributed by atoms with van der Waals surface area (Å²) in [4.78, 5) is 0. The molecule has 0 radical (unpaired) electrons. The molecule has 1 aliphatic rings. The van der Waals surface area contributed by atoms with Gasteiger partial charge in [-0.1, -0.05) is 24.3 Å². The van der Waals surface area contributed by atoms with Crippen LogP contribution in [0.4, 0.5) is 4.39 Å². The molecule has 0 aromatic heterocycles. The van der Waals surface area contributed by atoms with Gasteiger partial charge in [-0.05, 0) is 36.6 Å². The molecular weight excluding hydrogens is 253 g/mol. The highest BCUT2D eigenvalue weighted by molar-refractivity contribution is 5.40. The van der Waals surface area contributed by atoms with Crippen LogP contribution in [0.3, 0.4) is 0 Å². The maximum atomic E-state index is 13.3. The Morgan fingerprint density at radius 2 is 1.90 bits per heavy atom. The first kappa shape index (κ1) is 13.1. The van der Waals surface area contributed by atoms with Crippen LogP contribution in [-0.2, 0) is 0 Å². The van der Waals surface area contributed by atoms with Crippen LogP contribution in [0.25, 0.3) is 0 Å². The fourth-order valence-corrected chi connectivity index (χ4v) is 2.64. The number of hydrogen-bond donors (Lipinski definition) is 1. The van der Waals surface area contributed by atoms with Gasteiger partial charge < -0.3 is 10.5 Å². The van der Waals surface area contributed by atoms with Crippen molar-refractivity contribution in [3.63, 3.8) is 0 Å². The van der Waals surface area contributed by atoms with E-state index < -0.39 is 0 Å². The Balaban J connectivity index is 1.96. The molecule has 0 amide bonds. The average molecular weight is 271 g/mol. The third kappa shape index (κ3) is 2.29. The summed E-state index contributed by atoms with van der Waals surface area (Å²) in [5, 5.41) is 0. The van der Waals surface area contributed by atoms with Gasteiger partial charge in [0.15, 0.2) is 0 Å². The molecule has 104 valence electrons. The lowest BCUT2D eigenvalue weighted by molar-refractivity contribution is 0.160. The van der Waals surface area contributed by atoms with Crippen molar-refractivity contribution in [3.05, 3.63) is 64.5 Å². The first-order valence-corrected chi connectivity index (χ1v) is 6.83. The number of ether oxygens (including phenoxy) is 1. The predicted octanol–water partition coefficient (Wildman–Crippen LogP) is 3.97. The number of nitrogens with two attached hydrogens (primary N) is 1. The summed E-state index contributed by atoms with van der Waals surface area (Å²) in [5.41, 5.74) is 10.6. The molecule has 2 aromatic carbocycles. The highest BCUT2D eigenvalue weighted by Gasteiger charge is 2.27. The Bertz CT molecular complexity index is 653. The van der Waals surface area contributed by atoms with Crippen molar-refractivity contribution >= 4 is 0 Å². The van der Waals surface area contributed by atoms with E-state index in [0.717, 1.165) is 11.1 Å². The van der Waals surface area contributed by atoms with Crippen molar-refractivity contribution in [2.75, 3.05) is 0 Å². The van der Waals surface area contributed by atoms with Gasteiger partial charge in [-0.3, -0.25) is 0 Å². The van der Waals surface area contributed by atoms with Crippen LogP contribution in [0.1, 0.15) is 40.8 Å². The molecule has 0 saturated heterocycles. The SMILES string of the molecule is Cc1ccc(C2C[C@H](N)c3ccc(F)cc3O2)cc1C. The molecular formula is C17H18FNO. The Kier molecular flexibility index (Phi) is 3.22. The third-order valence-electron chi connectivity index (χ3n) is 4.02. The highest BCUT2D eigenvalue weighted by Crippen LogP contribution is 2.40. The second-order valence-electron chi connectivity index (χ2n) is 5.47. The quantitative estimate of drug-likeness (QED) is 0.852. The van der Waals surface area contributed by atoms with E-state index in [2.05, 4.69) is 32.0 Å². The first-order chi connectivity index (χ1) is 9.54. The smallest absolute Gasteiger partial charge is 0.127 e. The average Bonchev–Trinajstić information content (AvgIpc) is 2.41. The largest absolute Gasteiger partial charge is 0.485 e. The standard InChI is InChI=1S/C17H18FNO/c1-10-3-4-12(7-11(10)2)16-9-15(19)14-6-5-13(18)8-17(14)20-16/h3-8,15-16H,9,19H2,1-2H3/t15-,16?/m0/s1. The van der Waals surface area contributed by atoms with Gasteiger partial charge in [0.2, 0.25) is 0 Å². The van der Waals surface area contributed by atoms with Gasteiger partial charge >= 0.3 is 0 Å². The normalized spacial score (nSPS) is 21.2. The summed E-state index contributed by atoms with van der Waals surface area (Å²) in [6, 6.07) is 10.7. The van der Waals surface area contributed by atoms with Crippen molar-refractivity contribution in [2.45, 2.75) is 32.4 Å². The predicted molar refractivity (Wildman–Crippen MR) is 77.2 cm³/mol. The van der Waals surface area contributed by atoms with Crippen LogP contribution >= 0.6 is 0 Å². The number of rotatable bonds is 1. The van der Waals surface area contributed by atoms with Gasteiger partial charge in [-0.25, -0.2) is 4.39 Å². The van der Waals surface area contributed by atoms with Crippen molar-refractivity contribution in [1.29, 1.82) is 0 Å². The van der Waals surface area contributed by atoms with Crippen molar-refractivity contribution in [3.8, 4) is 5.75 Å². The number of fused-ring (bicyclic) bond motifs is 1. The number of benzene rings is 2. The summed E-state index contributed by atoms with van der Waals surface area (Å²) in [5.74, 6) is 0.267. The van der Waals surface area contributed by atoms with Gasteiger partial charge in [-0.2, -0.15) is 0 Å². The molecule has 0 bridgehead atoms. The molecule has 1 unspecified atom stereocenters. The Morgan fingerprint density at radius 1 is 1.10 bits per heavy atom. The third-order valence-corrected chi connectivity index (χ3v) is 4.02. The van der Waals surface area contributed by atoms with Crippen molar-refractivity contribution in [1.82, 2.24) is 0 Å². The molecule has 1 heterocycles. The van der Waals surface area contributed by atoms with Crippen LogP contribution in [0.5, 0.6) is 5.75 Å². The van der Waals surface area contributed by atoms with Crippen molar-refractivity contribution in [2.24, 2.45) is 5.73 Å². The lowest BCUT2D eigenvalue weighted by Crippen LogP contribution is -2.24. The second-order valence-corrected chi connectivity index (χ2v) is 5.47. The summed E-state index contributed by atoms with van der Waals surface area (Å²) in [6.07, 6.45) is 0.597. The summed E-state index contributed by atoms with van der Waals surface area (Å²) < 4.78 is 19.3. The fraction of sp³-hybridized carbons (Fsp3) is 0.294. The zero-order valence-electron chi connectivity index (χ0n) is 11.7. The first-order valence-electron chi connectivity index (χ1n) is 6.83.